The first-order valence-corrected chi connectivity index (χ1v) is 11.5. The van der Waals surface area contributed by atoms with Gasteiger partial charge in [0.2, 0.25) is 0 Å². The standard InChI is InChI=1S/C26H32N6O2/c1-15(9-22(33)24-18(13-32(5)6)25(27)29-14-28-24)23-12-21(31-34-23)20-11-16-10-17(26(2,3)4)7-8-19(16)30-20/h7-8,10,12,14-15H,9,11,13H2,1-6H3,(H2,27,28,29)/t15-/m0/s1. The number of carbonyl (C=O) groups is 1. The van der Waals surface area contributed by atoms with E-state index in [1.165, 1.54) is 17.5 Å². The Morgan fingerprint density at radius 1 is 1.21 bits per heavy atom. The summed E-state index contributed by atoms with van der Waals surface area (Å²) in [5, 5.41) is 4.26. The summed E-state index contributed by atoms with van der Waals surface area (Å²) in [5.74, 6) is 0.703. The molecule has 1 aliphatic heterocycles. The Bertz CT molecular complexity index is 1250. The highest BCUT2D eigenvalue weighted by molar-refractivity contribution is 6.05. The fraction of sp³-hybridized carbons (Fsp3) is 0.423. The van der Waals surface area contributed by atoms with Crippen LogP contribution in [-0.4, -0.2) is 45.6 Å². The fourth-order valence-electron chi connectivity index (χ4n) is 4.09. The van der Waals surface area contributed by atoms with Crippen molar-refractivity contribution in [2.75, 3.05) is 19.8 Å². The molecule has 4 rings (SSSR count). The quantitative estimate of drug-likeness (QED) is 0.518. The number of aromatic nitrogens is 3. The van der Waals surface area contributed by atoms with Crippen molar-refractivity contribution in [3.63, 3.8) is 0 Å². The van der Waals surface area contributed by atoms with Gasteiger partial charge in [-0.25, -0.2) is 9.97 Å². The number of carbonyl (C=O) groups excluding carboxylic acids is 1. The van der Waals surface area contributed by atoms with E-state index in [0.717, 1.165) is 11.4 Å². The SMILES string of the molecule is C[C@@H](CC(=O)c1ncnc(N)c1CN(C)C)c1cc(C2=Nc3ccc(C(C)(C)C)cc3C2)no1. The summed E-state index contributed by atoms with van der Waals surface area (Å²) >= 11 is 0. The van der Waals surface area contributed by atoms with Crippen LogP contribution in [0.5, 0.6) is 0 Å². The third-order valence-electron chi connectivity index (χ3n) is 6.08. The van der Waals surface area contributed by atoms with E-state index in [-0.39, 0.29) is 23.5 Å². The van der Waals surface area contributed by atoms with Crippen LogP contribution in [0.25, 0.3) is 0 Å². The van der Waals surface area contributed by atoms with E-state index in [2.05, 4.69) is 54.1 Å². The van der Waals surface area contributed by atoms with E-state index >= 15 is 0 Å². The molecule has 1 aromatic carbocycles. The van der Waals surface area contributed by atoms with Gasteiger partial charge in [-0.1, -0.05) is 45.0 Å². The molecule has 2 aromatic heterocycles. The zero-order valence-corrected chi connectivity index (χ0v) is 20.7. The molecule has 0 saturated heterocycles. The van der Waals surface area contributed by atoms with Crippen LogP contribution in [0.4, 0.5) is 11.5 Å². The van der Waals surface area contributed by atoms with Crippen molar-refractivity contribution in [2.24, 2.45) is 4.99 Å². The lowest BCUT2D eigenvalue weighted by Crippen LogP contribution is -2.19. The second kappa shape index (κ2) is 9.10. The number of Topliss-reactive ketones (excluding diaryl/α,β-unsaturated/α-hetero) is 1. The van der Waals surface area contributed by atoms with Gasteiger partial charge in [-0.15, -0.1) is 0 Å². The van der Waals surface area contributed by atoms with E-state index in [1.807, 2.05) is 32.0 Å². The molecule has 34 heavy (non-hydrogen) atoms. The number of nitrogens with two attached hydrogens (primary N) is 1. The molecule has 178 valence electrons. The van der Waals surface area contributed by atoms with Gasteiger partial charge in [0.15, 0.2) is 5.78 Å². The van der Waals surface area contributed by atoms with Gasteiger partial charge in [0.05, 0.1) is 11.4 Å². The van der Waals surface area contributed by atoms with Gasteiger partial charge in [-0.2, -0.15) is 0 Å². The molecule has 2 N–H and O–H groups in total. The van der Waals surface area contributed by atoms with Crippen molar-refractivity contribution in [3.8, 4) is 0 Å². The average Bonchev–Trinajstić information content (AvgIpc) is 3.40. The van der Waals surface area contributed by atoms with Crippen LogP contribution in [0, 0.1) is 0 Å². The van der Waals surface area contributed by atoms with E-state index < -0.39 is 0 Å². The first kappa shape index (κ1) is 23.8. The molecule has 0 unspecified atom stereocenters. The third-order valence-corrected chi connectivity index (χ3v) is 6.08. The van der Waals surface area contributed by atoms with Crippen LogP contribution in [0.1, 0.15) is 78.7 Å². The average molecular weight is 461 g/mol. The van der Waals surface area contributed by atoms with Gasteiger partial charge in [0.1, 0.15) is 29.3 Å². The van der Waals surface area contributed by atoms with Crippen molar-refractivity contribution in [1.82, 2.24) is 20.0 Å². The van der Waals surface area contributed by atoms with E-state index in [4.69, 9.17) is 15.2 Å². The van der Waals surface area contributed by atoms with E-state index in [0.29, 0.717) is 41.5 Å². The summed E-state index contributed by atoms with van der Waals surface area (Å²) in [4.78, 5) is 28.0. The van der Waals surface area contributed by atoms with Gasteiger partial charge in [-0.3, -0.25) is 9.79 Å². The zero-order valence-electron chi connectivity index (χ0n) is 20.7. The van der Waals surface area contributed by atoms with Crippen LogP contribution in [0.2, 0.25) is 0 Å². The summed E-state index contributed by atoms with van der Waals surface area (Å²) in [6, 6.07) is 8.33. The van der Waals surface area contributed by atoms with Crippen LogP contribution in [0.15, 0.2) is 40.1 Å². The summed E-state index contributed by atoms with van der Waals surface area (Å²) < 4.78 is 5.62. The number of fused-ring (bicyclic) bond motifs is 1. The number of hydrogen-bond acceptors (Lipinski definition) is 8. The van der Waals surface area contributed by atoms with Gasteiger partial charge in [0, 0.05) is 36.9 Å². The van der Waals surface area contributed by atoms with Crippen molar-refractivity contribution in [1.29, 1.82) is 0 Å². The Labute approximate surface area is 200 Å². The summed E-state index contributed by atoms with van der Waals surface area (Å²) in [6.45, 7) is 9.05. The maximum Gasteiger partial charge on any atom is 0.182 e. The Morgan fingerprint density at radius 3 is 2.68 bits per heavy atom. The molecule has 0 bridgehead atoms. The molecule has 8 nitrogen and oxygen atoms in total. The van der Waals surface area contributed by atoms with E-state index in [9.17, 15) is 4.79 Å². The van der Waals surface area contributed by atoms with Crippen LogP contribution in [0.3, 0.4) is 0 Å². The second-order valence-corrected chi connectivity index (χ2v) is 10.3. The molecule has 1 aliphatic rings. The lowest BCUT2D eigenvalue weighted by Gasteiger charge is -2.19. The molecule has 8 heteroatoms. The fourth-order valence-corrected chi connectivity index (χ4v) is 4.09. The minimum atomic E-state index is -0.172. The predicted octanol–water partition coefficient (Wildman–Crippen LogP) is 4.46. The van der Waals surface area contributed by atoms with Crippen LogP contribution >= 0.6 is 0 Å². The molecular weight excluding hydrogens is 428 g/mol. The normalized spacial score (nSPS) is 14.3. The van der Waals surface area contributed by atoms with Crippen LogP contribution in [-0.2, 0) is 18.4 Å². The smallest absolute Gasteiger partial charge is 0.182 e. The molecule has 0 fully saturated rings. The molecule has 3 heterocycles. The number of nitrogen functional groups attached to an aromatic ring is 1. The first-order valence-electron chi connectivity index (χ1n) is 11.5. The van der Waals surface area contributed by atoms with E-state index in [1.54, 1.807) is 0 Å². The molecule has 0 saturated carbocycles. The minimum absolute atomic E-state index is 0.0849. The Hall–Kier alpha value is -3.39. The molecule has 0 aliphatic carbocycles. The molecule has 0 amide bonds. The Kier molecular flexibility index (Phi) is 6.36. The predicted molar refractivity (Wildman–Crippen MR) is 133 cm³/mol. The number of hydrogen-bond donors (Lipinski definition) is 1. The second-order valence-electron chi connectivity index (χ2n) is 10.3. The van der Waals surface area contributed by atoms with Gasteiger partial charge < -0.3 is 15.2 Å². The number of aliphatic imine (C=N–C) groups is 1. The molecular formula is C26H32N6O2. The number of anilines is 1. The number of rotatable bonds is 7. The van der Waals surface area contributed by atoms with Gasteiger partial charge >= 0.3 is 0 Å². The minimum Gasteiger partial charge on any atom is -0.383 e. The topological polar surface area (TPSA) is 110 Å². The number of ketones is 1. The summed E-state index contributed by atoms with van der Waals surface area (Å²) in [6.07, 6.45) is 2.28. The highest BCUT2D eigenvalue weighted by atomic mass is 16.5. The number of nitrogens with zero attached hydrogens (tertiary/aromatic N) is 5. The Balaban J connectivity index is 1.48. The largest absolute Gasteiger partial charge is 0.383 e. The first-order chi connectivity index (χ1) is 16.0. The third kappa shape index (κ3) is 4.92. The van der Waals surface area contributed by atoms with Crippen molar-refractivity contribution in [2.45, 2.75) is 58.4 Å². The molecule has 3 aromatic rings. The lowest BCUT2D eigenvalue weighted by atomic mass is 9.85. The van der Waals surface area contributed by atoms with Gasteiger partial charge in [-0.05, 0) is 36.7 Å². The van der Waals surface area contributed by atoms with Gasteiger partial charge in [0.25, 0.3) is 0 Å². The number of benzene rings is 1. The maximum atomic E-state index is 13.1. The lowest BCUT2D eigenvalue weighted by molar-refractivity contribution is 0.0965. The highest BCUT2D eigenvalue weighted by Crippen LogP contribution is 2.34. The molecule has 0 radical (unpaired) electrons. The highest BCUT2D eigenvalue weighted by Gasteiger charge is 2.25. The monoisotopic (exact) mass is 460 g/mol. The Morgan fingerprint density at radius 2 is 1.97 bits per heavy atom. The van der Waals surface area contributed by atoms with Crippen LogP contribution < -0.4 is 5.73 Å². The van der Waals surface area contributed by atoms with Crippen molar-refractivity contribution < 1.29 is 9.32 Å². The zero-order chi connectivity index (χ0) is 24.6. The molecule has 1 atom stereocenters. The summed E-state index contributed by atoms with van der Waals surface area (Å²) in [7, 11) is 3.82. The summed E-state index contributed by atoms with van der Waals surface area (Å²) in [5.41, 5.74) is 12.2. The van der Waals surface area contributed by atoms with Crippen molar-refractivity contribution >= 4 is 23.0 Å². The maximum absolute atomic E-state index is 13.1. The van der Waals surface area contributed by atoms with Crippen molar-refractivity contribution in [3.05, 3.63) is 64.4 Å². The molecule has 0 spiro atoms.